The van der Waals surface area contributed by atoms with E-state index in [-0.39, 0.29) is 6.54 Å². The minimum absolute atomic E-state index is 0.382. The number of sulfonamides is 1. The normalized spacial score (nSPS) is 11.4. The molecular formula is C25H27N3O4S. The van der Waals surface area contributed by atoms with Crippen molar-refractivity contribution in [1.29, 1.82) is 0 Å². The second-order valence-electron chi connectivity index (χ2n) is 7.59. The Morgan fingerprint density at radius 2 is 1.70 bits per heavy atom. The summed E-state index contributed by atoms with van der Waals surface area (Å²) in [7, 11) is -3.67. The van der Waals surface area contributed by atoms with E-state index in [0.717, 1.165) is 27.3 Å². The number of hydrogen-bond acceptors (Lipinski definition) is 5. The lowest BCUT2D eigenvalue weighted by Crippen LogP contribution is -2.39. The molecule has 33 heavy (non-hydrogen) atoms. The number of nitrogens with zero attached hydrogens (tertiary/aromatic N) is 2. The Morgan fingerprint density at radius 3 is 2.42 bits per heavy atom. The molecule has 172 valence electrons. The maximum absolute atomic E-state index is 12.5. The number of carbonyl (C=O) groups is 1. The number of nitrogens with one attached hydrogen (secondary N) is 1. The first-order chi connectivity index (χ1) is 15.8. The molecule has 3 rings (SSSR count). The van der Waals surface area contributed by atoms with E-state index in [1.165, 1.54) is 6.21 Å². The minimum atomic E-state index is -3.67. The van der Waals surface area contributed by atoms with Crippen LogP contribution in [0, 0.1) is 13.8 Å². The highest BCUT2D eigenvalue weighted by Gasteiger charge is 2.22. The summed E-state index contributed by atoms with van der Waals surface area (Å²) in [5.74, 6) is 0.0627. The summed E-state index contributed by atoms with van der Waals surface area (Å²) >= 11 is 0. The average molecular weight is 466 g/mol. The SMILES string of the molecule is Cc1cccc(N(CC(=O)N/N=C\c2ccccc2OCc2ccccc2)S(C)(=O)=O)c1C. The number of ether oxygens (including phenoxy) is 1. The van der Waals surface area contributed by atoms with Crippen molar-refractivity contribution in [2.75, 3.05) is 17.1 Å². The van der Waals surface area contributed by atoms with Crippen LogP contribution in [0.25, 0.3) is 0 Å². The molecule has 0 aliphatic carbocycles. The molecule has 0 aromatic heterocycles. The van der Waals surface area contributed by atoms with Crippen LogP contribution in [0.15, 0.2) is 77.9 Å². The molecule has 0 fully saturated rings. The van der Waals surface area contributed by atoms with E-state index in [2.05, 4.69) is 10.5 Å². The topological polar surface area (TPSA) is 88.1 Å². The molecule has 1 N–H and O–H groups in total. The molecule has 3 aromatic rings. The maximum Gasteiger partial charge on any atom is 0.260 e. The summed E-state index contributed by atoms with van der Waals surface area (Å²) < 4.78 is 31.7. The van der Waals surface area contributed by atoms with Gasteiger partial charge in [0.2, 0.25) is 10.0 Å². The van der Waals surface area contributed by atoms with Gasteiger partial charge >= 0.3 is 0 Å². The van der Waals surface area contributed by atoms with E-state index >= 15 is 0 Å². The van der Waals surface area contributed by atoms with Gasteiger partial charge < -0.3 is 4.74 Å². The molecule has 1 amide bonds. The van der Waals surface area contributed by atoms with E-state index < -0.39 is 15.9 Å². The number of amides is 1. The summed E-state index contributed by atoms with van der Waals surface area (Å²) in [5, 5.41) is 4.00. The van der Waals surface area contributed by atoms with Crippen molar-refractivity contribution in [3.05, 3.63) is 95.1 Å². The number of aryl methyl sites for hydroxylation is 1. The van der Waals surface area contributed by atoms with Crippen LogP contribution in [0.2, 0.25) is 0 Å². The molecule has 0 atom stereocenters. The van der Waals surface area contributed by atoms with Gasteiger partial charge in [0.05, 0.1) is 18.2 Å². The molecular weight excluding hydrogens is 438 g/mol. The maximum atomic E-state index is 12.5. The van der Waals surface area contributed by atoms with Crippen LogP contribution in [0.3, 0.4) is 0 Å². The molecule has 7 nitrogen and oxygen atoms in total. The summed E-state index contributed by atoms with van der Waals surface area (Å²) in [6.07, 6.45) is 2.55. The van der Waals surface area contributed by atoms with Gasteiger partial charge in [0.25, 0.3) is 5.91 Å². The smallest absolute Gasteiger partial charge is 0.260 e. The molecule has 0 saturated heterocycles. The van der Waals surface area contributed by atoms with Gasteiger partial charge in [-0.1, -0.05) is 54.6 Å². The van der Waals surface area contributed by atoms with Crippen LogP contribution < -0.4 is 14.5 Å². The molecule has 0 bridgehead atoms. The fraction of sp³-hybridized carbons (Fsp3) is 0.200. The van der Waals surface area contributed by atoms with Crippen molar-refractivity contribution in [3.63, 3.8) is 0 Å². The first kappa shape index (κ1) is 24.0. The van der Waals surface area contributed by atoms with Crippen LogP contribution in [-0.2, 0) is 21.4 Å². The zero-order valence-electron chi connectivity index (χ0n) is 18.9. The third kappa shape index (κ3) is 6.66. The largest absolute Gasteiger partial charge is 0.488 e. The van der Waals surface area contributed by atoms with Gasteiger partial charge in [-0.2, -0.15) is 5.10 Å². The quantitative estimate of drug-likeness (QED) is 0.385. The molecule has 3 aromatic carbocycles. The molecule has 0 radical (unpaired) electrons. The van der Waals surface area contributed by atoms with Crippen LogP contribution in [0.1, 0.15) is 22.3 Å². The standard InChI is InChI=1S/C25H27N3O4S/c1-19-10-9-14-23(20(19)2)28(33(3,30)31)17-25(29)27-26-16-22-13-7-8-15-24(22)32-18-21-11-5-4-6-12-21/h4-16H,17-18H2,1-3H3,(H,27,29)/b26-16-. The number of benzene rings is 3. The van der Waals surface area contributed by atoms with E-state index in [1.54, 1.807) is 12.1 Å². The number of carbonyl (C=O) groups excluding carboxylic acids is 1. The summed E-state index contributed by atoms with van der Waals surface area (Å²) in [6, 6.07) is 22.4. The average Bonchev–Trinajstić information content (AvgIpc) is 2.79. The van der Waals surface area contributed by atoms with Crippen molar-refractivity contribution in [1.82, 2.24) is 5.43 Å². The van der Waals surface area contributed by atoms with E-state index in [9.17, 15) is 13.2 Å². The second kappa shape index (κ2) is 10.8. The van der Waals surface area contributed by atoms with Gasteiger partial charge in [-0.3, -0.25) is 9.10 Å². The van der Waals surface area contributed by atoms with Crippen LogP contribution in [0.4, 0.5) is 5.69 Å². The van der Waals surface area contributed by atoms with Gasteiger partial charge in [0, 0.05) is 5.56 Å². The summed E-state index contributed by atoms with van der Waals surface area (Å²) in [4.78, 5) is 12.5. The lowest BCUT2D eigenvalue weighted by atomic mass is 10.1. The highest BCUT2D eigenvalue weighted by atomic mass is 32.2. The molecule has 0 aliphatic rings. The van der Waals surface area contributed by atoms with Crippen molar-refractivity contribution in [2.24, 2.45) is 5.10 Å². The molecule has 0 spiro atoms. The predicted octanol–water partition coefficient (Wildman–Crippen LogP) is 3.80. The number of para-hydroxylation sites is 1. The Labute approximate surface area is 194 Å². The minimum Gasteiger partial charge on any atom is -0.488 e. The van der Waals surface area contributed by atoms with E-state index in [4.69, 9.17) is 4.74 Å². The summed E-state index contributed by atoms with van der Waals surface area (Å²) in [5.41, 5.74) is 6.32. The number of hydrogen-bond donors (Lipinski definition) is 1. The second-order valence-corrected chi connectivity index (χ2v) is 9.50. The highest BCUT2D eigenvalue weighted by molar-refractivity contribution is 7.92. The molecule has 0 unspecified atom stereocenters. The van der Waals surface area contributed by atoms with Gasteiger partial charge in [-0.25, -0.2) is 13.8 Å². The predicted molar refractivity (Wildman–Crippen MR) is 131 cm³/mol. The lowest BCUT2D eigenvalue weighted by molar-refractivity contribution is -0.119. The molecule has 0 heterocycles. The summed E-state index contributed by atoms with van der Waals surface area (Å²) in [6.45, 7) is 3.73. The Kier molecular flexibility index (Phi) is 7.84. The zero-order chi connectivity index (χ0) is 23.8. The van der Waals surface area contributed by atoms with E-state index in [1.807, 2.05) is 74.5 Å². The fourth-order valence-electron chi connectivity index (χ4n) is 3.18. The van der Waals surface area contributed by atoms with Crippen LogP contribution >= 0.6 is 0 Å². The Hall–Kier alpha value is -3.65. The number of anilines is 1. The number of rotatable bonds is 9. The monoisotopic (exact) mass is 465 g/mol. The first-order valence-corrected chi connectivity index (χ1v) is 12.2. The lowest BCUT2D eigenvalue weighted by Gasteiger charge is -2.23. The molecule has 0 aliphatic heterocycles. The third-order valence-electron chi connectivity index (χ3n) is 5.08. The van der Waals surface area contributed by atoms with Gasteiger partial charge in [0.15, 0.2) is 0 Å². The Bertz CT molecular complexity index is 1240. The Morgan fingerprint density at radius 1 is 1.00 bits per heavy atom. The van der Waals surface area contributed by atoms with Crippen molar-refractivity contribution in [3.8, 4) is 5.75 Å². The molecule has 0 saturated carbocycles. The van der Waals surface area contributed by atoms with Gasteiger partial charge in [-0.15, -0.1) is 0 Å². The fourth-order valence-corrected chi connectivity index (χ4v) is 4.09. The van der Waals surface area contributed by atoms with Crippen LogP contribution in [-0.4, -0.2) is 33.3 Å². The Balaban J connectivity index is 1.67. The van der Waals surface area contributed by atoms with Gasteiger partial charge in [0.1, 0.15) is 18.9 Å². The highest BCUT2D eigenvalue weighted by Crippen LogP contribution is 2.24. The molecule has 8 heteroatoms. The first-order valence-electron chi connectivity index (χ1n) is 10.4. The van der Waals surface area contributed by atoms with Crippen molar-refractivity contribution >= 4 is 27.8 Å². The third-order valence-corrected chi connectivity index (χ3v) is 6.21. The number of hydrazone groups is 1. The van der Waals surface area contributed by atoms with Crippen LogP contribution in [0.5, 0.6) is 5.75 Å². The zero-order valence-corrected chi connectivity index (χ0v) is 19.7. The van der Waals surface area contributed by atoms with Crippen molar-refractivity contribution < 1.29 is 17.9 Å². The van der Waals surface area contributed by atoms with E-state index in [0.29, 0.717) is 23.6 Å². The van der Waals surface area contributed by atoms with Crippen molar-refractivity contribution in [2.45, 2.75) is 20.5 Å². The van der Waals surface area contributed by atoms with Gasteiger partial charge in [-0.05, 0) is 48.7 Å².